The van der Waals surface area contributed by atoms with Crippen LogP contribution in [0.25, 0.3) is 0 Å². The molecular formula is C10H14O3. The summed E-state index contributed by atoms with van der Waals surface area (Å²) in [7, 11) is 0. The Morgan fingerprint density at radius 1 is 1.62 bits per heavy atom. The molecule has 1 saturated heterocycles. The summed E-state index contributed by atoms with van der Waals surface area (Å²) in [6.07, 6.45) is 3.66. The third-order valence-electron chi connectivity index (χ3n) is 3.16. The van der Waals surface area contributed by atoms with E-state index in [1.807, 2.05) is 0 Å². The van der Waals surface area contributed by atoms with Gasteiger partial charge in [0.2, 0.25) is 0 Å². The SMILES string of the molecule is CC(=O)C1(CC2CC2)CCOC1=O. The van der Waals surface area contributed by atoms with Gasteiger partial charge in [0.1, 0.15) is 11.2 Å². The maximum atomic E-state index is 11.5. The van der Waals surface area contributed by atoms with E-state index in [0.717, 1.165) is 6.42 Å². The molecule has 1 aliphatic heterocycles. The lowest BCUT2D eigenvalue weighted by atomic mass is 9.78. The van der Waals surface area contributed by atoms with E-state index in [1.54, 1.807) is 0 Å². The Morgan fingerprint density at radius 3 is 2.69 bits per heavy atom. The molecule has 0 radical (unpaired) electrons. The van der Waals surface area contributed by atoms with Crippen molar-refractivity contribution in [2.45, 2.75) is 32.6 Å². The Hall–Kier alpha value is -0.860. The Balaban J connectivity index is 2.17. The molecule has 3 heteroatoms. The summed E-state index contributed by atoms with van der Waals surface area (Å²) in [6.45, 7) is 1.93. The molecule has 2 fully saturated rings. The molecule has 72 valence electrons. The quantitative estimate of drug-likeness (QED) is 0.488. The number of ether oxygens (including phenoxy) is 1. The van der Waals surface area contributed by atoms with E-state index in [-0.39, 0.29) is 11.8 Å². The molecular weight excluding hydrogens is 168 g/mol. The molecule has 1 atom stereocenters. The van der Waals surface area contributed by atoms with Gasteiger partial charge in [0.25, 0.3) is 0 Å². The average Bonchev–Trinajstić information content (AvgIpc) is 2.78. The van der Waals surface area contributed by atoms with Crippen LogP contribution in [-0.4, -0.2) is 18.4 Å². The summed E-state index contributed by atoms with van der Waals surface area (Å²) in [5.41, 5.74) is -0.763. The van der Waals surface area contributed by atoms with Gasteiger partial charge in [-0.2, -0.15) is 0 Å². The minimum Gasteiger partial charge on any atom is -0.465 e. The van der Waals surface area contributed by atoms with Crippen molar-refractivity contribution in [3.63, 3.8) is 0 Å². The maximum Gasteiger partial charge on any atom is 0.319 e. The number of carbonyl (C=O) groups excluding carboxylic acids is 2. The Morgan fingerprint density at radius 2 is 2.31 bits per heavy atom. The Kier molecular flexibility index (Phi) is 1.90. The first kappa shape index (κ1) is 8.73. The fourth-order valence-electron chi connectivity index (χ4n) is 2.02. The molecule has 13 heavy (non-hydrogen) atoms. The van der Waals surface area contributed by atoms with Gasteiger partial charge in [-0.15, -0.1) is 0 Å². The zero-order valence-corrected chi connectivity index (χ0v) is 7.84. The summed E-state index contributed by atoms with van der Waals surface area (Å²) in [5.74, 6) is 0.295. The largest absolute Gasteiger partial charge is 0.465 e. The number of esters is 1. The molecule has 0 N–H and O–H groups in total. The molecule has 0 spiro atoms. The van der Waals surface area contributed by atoms with Gasteiger partial charge in [0, 0.05) is 6.42 Å². The third kappa shape index (κ3) is 1.36. The van der Waals surface area contributed by atoms with E-state index in [1.165, 1.54) is 19.8 Å². The van der Waals surface area contributed by atoms with Crippen LogP contribution in [0.5, 0.6) is 0 Å². The highest BCUT2D eigenvalue weighted by molar-refractivity contribution is 6.03. The zero-order valence-electron chi connectivity index (χ0n) is 7.84. The zero-order chi connectivity index (χ0) is 9.47. The van der Waals surface area contributed by atoms with Gasteiger partial charge in [-0.05, 0) is 19.3 Å². The van der Waals surface area contributed by atoms with Crippen molar-refractivity contribution in [3.8, 4) is 0 Å². The lowest BCUT2D eigenvalue weighted by Gasteiger charge is -2.20. The van der Waals surface area contributed by atoms with Crippen molar-refractivity contribution in [1.29, 1.82) is 0 Å². The van der Waals surface area contributed by atoms with Crippen LogP contribution >= 0.6 is 0 Å². The van der Waals surface area contributed by atoms with Crippen molar-refractivity contribution in [2.75, 3.05) is 6.61 Å². The van der Waals surface area contributed by atoms with Crippen molar-refractivity contribution in [1.82, 2.24) is 0 Å². The fraction of sp³-hybridized carbons (Fsp3) is 0.800. The molecule has 0 amide bonds. The number of hydrogen-bond acceptors (Lipinski definition) is 3. The van der Waals surface area contributed by atoms with Crippen LogP contribution in [-0.2, 0) is 14.3 Å². The topological polar surface area (TPSA) is 43.4 Å². The van der Waals surface area contributed by atoms with Crippen LogP contribution in [0.3, 0.4) is 0 Å². The molecule has 0 aromatic heterocycles. The van der Waals surface area contributed by atoms with Gasteiger partial charge in [0.05, 0.1) is 6.61 Å². The molecule has 1 aliphatic carbocycles. The summed E-state index contributed by atoms with van der Waals surface area (Å²) >= 11 is 0. The standard InChI is InChI=1S/C10H14O3/c1-7(11)10(6-8-2-3-8)4-5-13-9(10)12/h8H,2-6H2,1H3. The second kappa shape index (κ2) is 2.82. The van der Waals surface area contributed by atoms with Crippen molar-refractivity contribution < 1.29 is 14.3 Å². The van der Waals surface area contributed by atoms with Crippen molar-refractivity contribution >= 4 is 11.8 Å². The molecule has 1 heterocycles. The van der Waals surface area contributed by atoms with E-state index < -0.39 is 5.41 Å². The van der Waals surface area contributed by atoms with Gasteiger partial charge in [0.15, 0.2) is 0 Å². The van der Waals surface area contributed by atoms with Crippen LogP contribution < -0.4 is 0 Å². The van der Waals surface area contributed by atoms with E-state index in [4.69, 9.17) is 4.74 Å². The molecule has 2 aliphatic rings. The number of cyclic esters (lactones) is 1. The van der Waals surface area contributed by atoms with Gasteiger partial charge < -0.3 is 4.74 Å². The average molecular weight is 182 g/mol. The molecule has 1 unspecified atom stereocenters. The minimum atomic E-state index is -0.763. The van der Waals surface area contributed by atoms with Crippen LogP contribution in [0.1, 0.15) is 32.6 Å². The molecule has 0 aromatic rings. The first-order chi connectivity index (χ1) is 6.15. The number of Topliss-reactive ketones (excluding diaryl/α,β-unsaturated/α-hetero) is 1. The minimum absolute atomic E-state index is 0.0121. The van der Waals surface area contributed by atoms with Crippen LogP contribution in [0.2, 0.25) is 0 Å². The predicted molar refractivity (Wildman–Crippen MR) is 46.0 cm³/mol. The summed E-state index contributed by atoms with van der Waals surface area (Å²) in [6, 6.07) is 0. The number of ketones is 1. The number of carbonyl (C=O) groups is 2. The molecule has 2 rings (SSSR count). The predicted octanol–water partition coefficient (Wildman–Crippen LogP) is 1.31. The second-order valence-corrected chi connectivity index (χ2v) is 4.17. The highest BCUT2D eigenvalue weighted by Gasteiger charge is 2.51. The third-order valence-corrected chi connectivity index (χ3v) is 3.16. The summed E-state index contributed by atoms with van der Waals surface area (Å²) in [5, 5.41) is 0. The molecule has 3 nitrogen and oxygen atoms in total. The van der Waals surface area contributed by atoms with Crippen LogP contribution in [0.4, 0.5) is 0 Å². The lowest BCUT2D eigenvalue weighted by Crippen LogP contribution is -2.34. The highest BCUT2D eigenvalue weighted by Crippen LogP contribution is 2.45. The molecule has 0 aromatic carbocycles. The monoisotopic (exact) mass is 182 g/mol. The van der Waals surface area contributed by atoms with E-state index in [9.17, 15) is 9.59 Å². The maximum absolute atomic E-state index is 11.5. The first-order valence-electron chi connectivity index (χ1n) is 4.83. The first-order valence-corrected chi connectivity index (χ1v) is 4.83. The number of rotatable bonds is 3. The Labute approximate surface area is 77.4 Å². The summed E-state index contributed by atoms with van der Waals surface area (Å²) in [4.78, 5) is 22.9. The van der Waals surface area contributed by atoms with Crippen LogP contribution in [0, 0.1) is 11.3 Å². The lowest BCUT2D eigenvalue weighted by molar-refractivity contribution is -0.151. The van der Waals surface area contributed by atoms with E-state index >= 15 is 0 Å². The van der Waals surface area contributed by atoms with E-state index in [2.05, 4.69) is 0 Å². The van der Waals surface area contributed by atoms with Gasteiger partial charge in [-0.1, -0.05) is 12.8 Å². The molecule has 1 saturated carbocycles. The van der Waals surface area contributed by atoms with Crippen molar-refractivity contribution in [2.24, 2.45) is 11.3 Å². The van der Waals surface area contributed by atoms with Gasteiger partial charge in [-0.25, -0.2) is 0 Å². The van der Waals surface area contributed by atoms with Crippen molar-refractivity contribution in [3.05, 3.63) is 0 Å². The van der Waals surface area contributed by atoms with Gasteiger partial charge >= 0.3 is 5.97 Å². The fourth-order valence-corrected chi connectivity index (χ4v) is 2.02. The van der Waals surface area contributed by atoms with Gasteiger partial charge in [-0.3, -0.25) is 9.59 Å². The molecule has 0 bridgehead atoms. The Bertz CT molecular complexity index is 255. The normalized spacial score (nSPS) is 33.2. The van der Waals surface area contributed by atoms with Crippen LogP contribution in [0.15, 0.2) is 0 Å². The second-order valence-electron chi connectivity index (χ2n) is 4.17. The number of hydrogen-bond donors (Lipinski definition) is 0. The smallest absolute Gasteiger partial charge is 0.319 e. The van der Waals surface area contributed by atoms with E-state index in [0.29, 0.717) is 18.9 Å². The highest BCUT2D eigenvalue weighted by atomic mass is 16.5. The summed E-state index contributed by atoms with van der Waals surface area (Å²) < 4.78 is 4.90.